The maximum atomic E-state index is 12.5. The quantitative estimate of drug-likeness (QED) is 0.873. The van der Waals surface area contributed by atoms with Crippen molar-refractivity contribution in [1.29, 1.82) is 0 Å². The molecular weight excluding hydrogens is 308 g/mol. The molecule has 0 aliphatic heterocycles. The predicted molar refractivity (Wildman–Crippen MR) is 87.2 cm³/mol. The first-order valence-electron chi connectivity index (χ1n) is 8.36. The van der Waals surface area contributed by atoms with Crippen molar-refractivity contribution < 1.29 is 9.53 Å². The summed E-state index contributed by atoms with van der Waals surface area (Å²) >= 11 is 0. The van der Waals surface area contributed by atoms with Crippen molar-refractivity contribution >= 4 is 5.91 Å². The van der Waals surface area contributed by atoms with Crippen LogP contribution in [0.4, 0.5) is 0 Å². The first-order valence-corrected chi connectivity index (χ1v) is 8.36. The number of hydrogen-bond acceptors (Lipinski definition) is 5. The standard InChI is InChI=1S/C16H24N6O2/c1-21(9-12-8-13(11-24-2)18-17-12)16(23)15-10-22(20-19-15)14-6-4-3-5-7-14/h8,10,14H,3-7,9,11H2,1-2H3,(H,17,18). The second-order valence-electron chi connectivity index (χ2n) is 6.35. The number of hydrogen-bond donors (Lipinski definition) is 1. The molecule has 2 aromatic rings. The fourth-order valence-electron chi connectivity index (χ4n) is 3.13. The average molecular weight is 332 g/mol. The van der Waals surface area contributed by atoms with E-state index in [1.165, 1.54) is 19.3 Å². The lowest BCUT2D eigenvalue weighted by Crippen LogP contribution is -2.26. The summed E-state index contributed by atoms with van der Waals surface area (Å²) in [5.41, 5.74) is 2.06. The van der Waals surface area contributed by atoms with Crippen molar-refractivity contribution in [3.05, 3.63) is 29.3 Å². The molecule has 0 bridgehead atoms. The Bertz CT molecular complexity index is 674. The molecule has 1 saturated carbocycles. The zero-order valence-corrected chi connectivity index (χ0v) is 14.2. The van der Waals surface area contributed by atoms with E-state index < -0.39 is 0 Å². The third-order valence-electron chi connectivity index (χ3n) is 4.41. The average Bonchev–Trinajstić information content (AvgIpc) is 3.25. The summed E-state index contributed by atoms with van der Waals surface area (Å²) in [6.07, 6.45) is 7.73. The number of ether oxygens (including phenoxy) is 1. The highest BCUT2D eigenvalue weighted by molar-refractivity contribution is 5.91. The van der Waals surface area contributed by atoms with Crippen LogP contribution in [0.25, 0.3) is 0 Å². The number of carbonyl (C=O) groups excluding carboxylic acids is 1. The van der Waals surface area contributed by atoms with Crippen LogP contribution in [0.5, 0.6) is 0 Å². The molecule has 3 rings (SSSR count). The number of carbonyl (C=O) groups is 1. The first-order chi connectivity index (χ1) is 11.7. The van der Waals surface area contributed by atoms with Gasteiger partial charge in [-0.2, -0.15) is 5.10 Å². The fraction of sp³-hybridized carbons (Fsp3) is 0.625. The van der Waals surface area contributed by atoms with Crippen LogP contribution in [0.15, 0.2) is 12.3 Å². The van der Waals surface area contributed by atoms with Crippen LogP contribution in [0.3, 0.4) is 0 Å². The Kier molecular flexibility index (Phi) is 5.24. The normalized spacial score (nSPS) is 15.6. The topological polar surface area (TPSA) is 88.9 Å². The lowest BCUT2D eigenvalue weighted by atomic mass is 9.96. The van der Waals surface area contributed by atoms with Crippen LogP contribution in [0.1, 0.15) is 60.0 Å². The van der Waals surface area contributed by atoms with E-state index in [4.69, 9.17) is 4.74 Å². The summed E-state index contributed by atoms with van der Waals surface area (Å²) in [4.78, 5) is 14.1. The van der Waals surface area contributed by atoms with Crippen molar-refractivity contribution in [2.75, 3.05) is 14.2 Å². The second kappa shape index (κ2) is 7.57. The SMILES string of the molecule is COCc1cc(CN(C)C(=O)c2cn(C3CCCCC3)nn2)[nH]n1. The summed E-state index contributed by atoms with van der Waals surface area (Å²) < 4.78 is 6.89. The molecule has 0 spiro atoms. The number of nitrogens with zero attached hydrogens (tertiary/aromatic N) is 5. The van der Waals surface area contributed by atoms with Crippen LogP contribution in [0.2, 0.25) is 0 Å². The molecule has 0 unspecified atom stereocenters. The molecule has 2 aromatic heterocycles. The van der Waals surface area contributed by atoms with Crippen LogP contribution in [-0.4, -0.2) is 50.2 Å². The Balaban J connectivity index is 1.61. The van der Waals surface area contributed by atoms with Gasteiger partial charge in [0.1, 0.15) is 0 Å². The van der Waals surface area contributed by atoms with Gasteiger partial charge < -0.3 is 9.64 Å². The van der Waals surface area contributed by atoms with E-state index >= 15 is 0 Å². The summed E-state index contributed by atoms with van der Waals surface area (Å²) in [5, 5.41) is 15.3. The maximum absolute atomic E-state index is 12.5. The molecule has 1 amide bonds. The zero-order chi connectivity index (χ0) is 16.9. The number of H-pyrrole nitrogens is 1. The van der Waals surface area contributed by atoms with Gasteiger partial charge in [-0.1, -0.05) is 24.5 Å². The van der Waals surface area contributed by atoms with Gasteiger partial charge in [0.25, 0.3) is 5.91 Å². The molecule has 8 heteroatoms. The van der Waals surface area contributed by atoms with Gasteiger partial charge in [-0.3, -0.25) is 9.89 Å². The van der Waals surface area contributed by atoms with E-state index in [1.54, 1.807) is 25.3 Å². The van der Waals surface area contributed by atoms with E-state index in [-0.39, 0.29) is 5.91 Å². The number of aromatic nitrogens is 5. The van der Waals surface area contributed by atoms with E-state index in [0.29, 0.717) is 24.9 Å². The van der Waals surface area contributed by atoms with Crippen LogP contribution < -0.4 is 0 Å². The van der Waals surface area contributed by atoms with Crippen molar-refractivity contribution in [3.63, 3.8) is 0 Å². The second-order valence-corrected chi connectivity index (χ2v) is 6.35. The molecule has 1 aliphatic rings. The van der Waals surface area contributed by atoms with Crippen LogP contribution in [-0.2, 0) is 17.9 Å². The summed E-state index contributed by atoms with van der Waals surface area (Å²) in [6.45, 7) is 0.885. The fourth-order valence-corrected chi connectivity index (χ4v) is 3.13. The summed E-state index contributed by atoms with van der Waals surface area (Å²) in [7, 11) is 3.37. The van der Waals surface area contributed by atoms with Gasteiger partial charge >= 0.3 is 0 Å². The minimum Gasteiger partial charge on any atom is -0.378 e. The Morgan fingerprint density at radius 1 is 1.42 bits per heavy atom. The number of rotatable bonds is 6. The van der Waals surface area contributed by atoms with Gasteiger partial charge in [0.05, 0.1) is 36.8 Å². The van der Waals surface area contributed by atoms with Gasteiger partial charge in [0.2, 0.25) is 0 Å². The summed E-state index contributed by atoms with van der Waals surface area (Å²) in [5.74, 6) is -0.139. The molecular formula is C16H24N6O2. The molecule has 2 heterocycles. The number of nitrogens with one attached hydrogen (secondary N) is 1. The molecule has 0 saturated heterocycles. The van der Waals surface area contributed by atoms with Crippen molar-refractivity contribution in [2.24, 2.45) is 0 Å². The number of amides is 1. The first kappa shape index (κ1) is 16.6. The Morgan fingerprint density at radius 3 is 2.96 bits per heavy atom. The van der Waals surface area contributed by atoms with Gasteiger partial charge in [-0.25, -0.2) is 4.68 Å². The van der Waals surface area contributed by atoms with Crippen molar-refractivity contribution in [1.82, 2.24) is 30.1 Å². The van der Waals surface area contributed by atoms with Gasteiger partial charge in [-0.05, 0) is 18.9 Å². The Labute approximate surface area is 141 Å². The molecule has 0 atom stereocenters. The van der Waals surface area contributed by atoms with E-state index in [1.807, 2.05) is 10.7 Å². The highest BCUT2D eigenvalue weighted by atomic mass is 16.5. The monoisotopic (exact) mass is 332 g/mol. The largest absolute Gasteiger partial charge is 0.378 e. The van der Waals surface area contributed by atoms with Crippen LogP contribution in [0, 0.1) is 0 Å². The number of aromatic amines is 1. The smallest absolute Gasteiger partial charge is 0.276 e. The lowest BCUT2D eigenvalue weighted by molar-refractivity contribution is 0.0777. The minimum absolute atomic E-state index is 0.139. The molecule has 0 radical (unpaired) electrons. The summed E-state index contributed by atoms with van der Waals surface area (Å²) in [6, 6.07) is 2.27. The molecule has 24 heavy (non-hydrogen) atoms. The highest BCUT2D eigenvalue weighted by Gasteiger charge is 2.21. The highest BCUT2D eigenvalue weighted by Crippen LogP contribution is 2.27. The molecule has 1 aliphatic carbocycles. The third-order valence-corrected chi connectivity index (χ3v) is 4.41. The maximum Gasteiger partial charge on any atom is 0.276 e. The zero-order valence-electron chi connectivity index (χ0n) is 14.2. The Morgan fingerprint density at radius 2 is 2.21 bits per heavy atom. The Hall–Kier alpha value is -2.22. The minimum atomic E-state index is -0.139. The lowest BCUT2D eigenvalue weighted by Gasteiger charge is -2.21. The van der Waals surface area contributed by atoms with Crippen molar-refractivity contribution in [2.45, 2.75) is 51.3 Å². The third kappa shape index (κ3) is 3.81. The van der Waals surface area contributed by atoms with Crippen LogP contribution >= 0.6 is 0 Å². The van der Waals surface area contributed by atoms with E-state index in [2.05, 4.69) is 20.5 Å². The molecule has 1 N–H and O–H groups in total. The number of methoxy groups -OCH3 is 1. The van der Waals surface area contributed by atoms with E-state index in [9.17, 15) is 4.79 Å². The molecule has 130 valence electrons. The molecule has 0 aromatic carbocycles. The van der Waals surface area contributed by atoms with Gasteiger partial charge in [0.15, 0.2) is 5.69 Å². The molecule has 1 fully saturated rings. The van der Waals surface area contributed by atoms with E-state index in [0.717, 1.165) is 24.2 Å². The molecule has 8 nitrogen and oxygen atoms in total. The van der Waals surface area contributed by atoms with Gasteiger partial charge in [0, 0.05) is 14.2 Å². The van der Waals surface area contributed by atoms with Crippen molar-refractivity contribution in [3.8, 4) is 0 Å². The van der Waals surface area contributed by atoms with Gasteiger partial charge in [-0.15, -0.1) is 5.10 Å². The predicted octanol–water partition coefficient (Wildman–Crippen LogP) is 1.92.